The first-order valence-corrected chi connectivity index (χ1v) is 8.68. The number of hydrogen-bond acceptors (Lipinski definition) is 6. The summed E-state index contributed by atoms with van der Waals surface area (Å²) in [5, 5.41) is 5.30. The molecular weight excluding hydrogens is 364 g/mol. The highest BCUT2D eigenvalue weighted by atomic mass is 16.5. The molecule has 8 nitrogen and oxygen atoms in total. The third kappa shape index (κ3) is 5.47. The minimum absolute atomic E-state index is 0.262. The Hall–Kier alpha value is -3.55. The molecule has 2 rings (SSSR count). The standard InChI is InChI=1S/C20H22N2O6/c1-4-27-18(23)13-6-9-15(10-7-13)21-20(25)22-16-11-8-14(12-17(16)26-3)19(24)28-5-2/h6-12H,4-5H2,1-3H3,(H2,21,22,25). The van der Waals surface area contributed by atoms with Gasteiger partial charge in [-0.2, -0.15) is 0 Å². The summed E-state index contributed by atoms with van der Waals surface area (Å²) in [4.78, 5) is 35.7. The Morgan fingerprint density at radius 1 is 0.821 bits per heavy atom. The topological polar surface area (TPSA) is 103 Å². The quantitative estimate of drug-likeness (QED) is 0.704. The van der Waals surface area contributed by atoms with Crippen LogP contribution in [0.25, 0.3) is 0 Å². The second kappa shape index (κ2) is 9.96. The highest BCUT2D eigenvalue weighted by Crippen LogP contribution is 2.26. The van der Waals surface area contributed by atoms with E-state index in [0.717, 1.165) is 0 Å². The molecule has 0 radical (unpaired) electrons. The maximum atomic E-state index is 12.2. The molecule has 0 aliphatic rings. The summed E-state index contributed by atoms with van der Waals surface area (Å²) in [6.07, 6.45) is 0. The smallest absolute Gasteiger partial charge is 0.338 e. The van der Waals surface area contributed by atoms with E-state index in [1.165, 1.54) is 19.2 Å². The van der Waals surface area contributed by atoms with E-state index >= 15 is 0 Å². The minimum Gasteiger partial charge on any atom is -0.495 e. The van der Waals surface area contributed by atoms with Crippen LogP contribution in [0.2, 0.25) is 0 Å². The van der Waals surface area contributed by atoms with Gasteiger partial charge in [-0.15, -0.1) is 0 Å². The molecule has 0 aliphatic carbocycles. The lowest BCUT2D eigenvalue weighted by Gasteiger charge is -2.12. The van der Waals surface area contributed by atoms with Gasteiger partial charge in [0.05, 0.1) is 37.1 Å². The van der Waals surface area contributed by atoms with Gasteiger partial charge in [-0.3, -0.25) is 0 Å². The van der Waals surface area contributed by atoms with Crippen molar-refractivity contribution in [2.24, 2.45) is 0 Å². The molecule has 0 aliphatic heterocycles. The summed E-state index contributed by atoms with van der Waals surface area (Å²) < 4.78 is 15.1. The van der Waals surface area contributed by atoms with E-state index in [-0.39, 0.29) is 13.2 Å². The maximum Gasteiger partial charge on any atom is 0.338 e. The summed E-state index contributed by atoms with van der Waals surface area (Å²) in [6, 6.07) is 10.4. The van der Waals surface area contributed by atoms with Crippen LogP contribution in [0.3, 0.4) is 0 Å². The molecule has 28 heavy (non-hydrogen) atoms. The van der Waals surface area contributed by atoms with Crippen LogP contribution < -0.4 is 15.4 Å². The van der Waals surface area contributed by atoms with Crippen molar-refractivity contribution in [2.75, 3.05) is 31.0 Å². The summed E-state index contributed by atoms with van der Waals surface area (Å²) in [6.45, 7) is 4.00. The molecule has 2 aromatic rings. The monoisotopic (exact) mass is 386 g/mol. The Balaban J connectivity index is 2.04. The number of rotatable bonds is 7. The van der Waals surface area contributed by atoms with Gasteiger partial charge in [0.25, 0.3) is 0 Å². The number of anilines is 2. The van der Waals surface area contributed by atoms with E-state index < -0.39 is 18.0 Å². The molecule has 0 aromatic heterocycles. The van der Waals surface area contributed by atoms with Crippen molar-refractivity contribution in [2.45, 2.75) is 13.8 Å². The van der Waals surface area contributed by atoms with E-state index in [0.29, 0.717) is 28.3 Å². The zero-order chi connectivity index (χ0) is 20.5. The molecule has 2 aromatic carbocycles. The van der Waals surface area contributed by atoms with Crippen LogP contribution in [0.1, 0.15) is 34.6 Å². The number of nitrogens with one attached hydrogen (secondary N) is 2. The Morgan fingerprint density at radius 2 is 1.39 bits per heavy atom. The predicted octanol–water partition coefficient (Wildman–Crippen LogP) is 3.69. The van der Waals surface area contributed by atoms with Crippen LogP contribution in [0.5, 0.6) is 5.75 Å². The first kappa shape index (κ1) is 20.8. The number of amides is 2. The zero-order valence-corrected chi connectivity index (χ0v) is 15.9. The third-order valence-corrected chi connectivity index (χ3v) is 3.61. The van der Waals surface area contributed by atoms with Crippen molar-refractivity contribution in [3.63, 3.8) is 0 Å². The first-order chi connectivity index (χ1) is 13.5. The van der Waals surface area contributed by atoms with Crippen molar-refractivity contribution in [1.29, 1.82) is 0 Å². The number of benzene rings is 2. The van der Waals surface area contributed by atoms with Crippen molar-refractivity contribution in [3.05, 3.63) is 53.6 Å². The Morgan fingerprint density at radius 3 is 1.96 bits per heavy atom. The van der Waals surface area contributed by atoms with Crippen LogP contribution in [-0.2, 0) is 9.47 Å². The lowest BCUT2D eigenvalue weighted by atomic mass is 10.2. The second-order valence-electron chi connectivity index (χ2n) is 5.51. The van der Waals surface area contributed by atoms with Gasteiger partial charge >= 0.3 is 18.0 Å². The minimum atomic E-state index is -0.508. The molecule has 0 atom stereocenters. The molecule has 0 fully saturated rings. The number of methoxy groups -OCH3 is 1. The number of carbonyl (C=O) groups is 3. The number of urea groups is 1. The molecule has 0 saturated carbocycles. The largest absolute Gasteiger partial charge is 0.495 e. The van der Waals surface area contributed by atoms with Crippen LogP contribution in [0.4, 0.5) is 16.2 Å². The van der Waals surface area contributed by atoms with Gasteiger partial charge in [0.2, 0.25) is 0 Å². The number of esters is 2. The molecule has 8 heteroatoms. The first-order valence-electron chi connectivity index (χ1n) is 8.68. The van der Waals surface area contributed by atoms with Crippen molar-refractivity contribution < 1.29 is 28.6 Å². The fourth-order valence-corrected chi connectivity index (χ4v) is 2.32. The average molecular weight is 386 g/mol. The molecule has 2 amide bonds. The number of carbonyl (C=O) groups excluding carboxylic acids is 3. The van der Waals surface area contributed by atoms with E-state index in [9.17, 15) is 14.4 Å². The van der Waals surface area contributed by atoms with Gasteiger partial charge in [0, 0.05) is 5.69 Å². The van der Waals surface area contributed by atoms with E-state index in [1.807, 2.05) is 0 Å². The lowest BCUT2D eigenvalue weighted by Crippen LogP contribution is -2.20. The summed E-state index contributed by atoms with van der Waals surface area (Å²) in [5.41, 5.74) is 1.59. The molecule has 2 N–H and O–H groups in total. The van der Waals surface area contributed by atoms with Gasteiger partial charge < -0.3 is 24.8 Å². The Kier molecular flexibility index (Phi) is 7.38. The molecule has 0 unspecified atom stereocenters. The lowest BCUT2D eigenvalue weighted by molar-refractivity contribution is 0.0516. The van der Waals surface area contributed by atoms with Gasteiger partial charge in [-0.25, -0.2) is 14.4 Å². The number of ether oxygens (including phenoxy) is 3. The summed E-state index contributed by atoms with van der Waals surface area (Å²) in [7, 11) is 1.43. The third-order valence-electron chi connectivity index (χ3n) is 3.61. The van der Waals surface area contributed by atoms with Gasteiger partial charge in [0.15, 0.2) is 0 Å². The predicted molar refractivity (Wildman–Crippen MR) is 104 cm³/mol. The Bertz CT molecular complexity index is 848. The molecule has 0 spiro atoms. The van der Waals surface area contributed by atoms with Crippen molar-refractivity contribution in [1.82, 2.24) is 0 Å². The van der Waals surface area contributed by atoms with Crippen LogP contribution in [0, 0.1) is 0 Å². The van der Waals surface area contributed by atoms with Crippen LogP contribution >= 0.6 is 0 Å². The summed E-state index contributed by atoms with van der Waals surface area (Å²) >= 11 is 0. The molecule has 0 heterocycles. The molecular formula is C20H22N2O6. The normalized spacial score (nSPS) is 9.96. The van der Waals surface area contributed by atoms with Crippen molar-refractivity contribution >= 4 is 29.3 Å². The van der Waals surface area contributed by atoms with Gasteiger partial charge in [-0.1, -0.05) is 0 Å². The Labute approximate surface area is 162 Å². The van der Waals surface area contributed by atoms with Crippen LogP contribution in [0.15, 0.2) is 42.5 Å². The van der Waals surface area contributed by atoms with E-state index in [2.05, 4.69) is 10.6 Å². The van der Waals surface area contributed by atoms with E-state index in [1.54, 1.807) is 44.2 Å². The van der Waals surface area contributed by atoms with Gasteiger partial charge in [-0.05, 0) is 56.3 Å². The van der Waals surface area contributed by atoms with Crippen LogP contribution in [-0.4, -0.2) is 38.3 Å². The highest BCUT2D eigenvalue weighted by Gasteiger charge is 2.13. The summed E-state index contributed by atoms with van der Waals surface area (Å²) in [5.74, 6) is -0.582. The highest BCUT2D eigenvalue weighted by molar-refractivity contribution is 6.01. The van der Waals surface area contributed by atoms with Crippen molar-refractivity contribution in [3.8, 4) is 5.75 Å². The maximum absolute atomic E-state index is 12.2. The second-order valence-corrected chi connectivity index (χ2v) is 5.51. The molecule has 0 saturated heterocycles. The zero-order valence-electron chi connectivity index (χ0n) is 15.9. The molecule has 0 bridgehead atoms. The number of hydrogen-bond donors (Lipinski definition) is 2. The fraction of sp³-hybridized carbons (Fsp3) is 0.250. The SMILES string of the molecule is CCOC(=O)c1ccc(NC(=O)Nc2ccc(C(=O)OCC)cc2OC)cc1. The fourth-order valence-electron chi connectivity index (χ4n) is 2.32. The van der Waals surface area contributed by atoms with Gasteiger partial charge in [0.1, 0.15) is 5.75 Å². The van der Waals surface area contributed by atoms with E-state index in [4.69, 9.17) is 14.2 Å². The average Bonchev–Trinajstić information content (AvgIpc) is 2.69. The molecule has 148 valence electrons.